The lowest BCUT2D eigenvalue weighted by Crippen LogP contribution is -2.53. The number of carbonyl (C=O) groups is 1. The summed E-state index contributed by atoms with van der Waals surface area (Å²) in [5.74, 6) is 1.51. The van der Waals surface area contributed by atoms with Crippen molar-refractivity contribution in [2.45, 2.75) is 56.6 Å². The number of allylic oxidation sites excluding steroid dienone is 2. The summed E-state index contributed by atoms with van der Waals surface area (Å²) in [4.78, 5) is 14.3. The molecule has 138 valence electrons. The second-order valence-electron chi connectivity index (χ2n) is 7.40. The van der Waals surface area contributed by atoms with E-state index in [0.29, 0.717) is 12.3 Å². The van der Waals surface area contributed by atoms with Crippen molar-refractivity contribution in [3.05, 3.63) is 24.0 Å². The van der Waals surface area contributed by atoms with Crippen molar-refractivity contribution < 1.29 is 14.3 Å². The van der Waals surface area contributed by atoms with Crippen LogP contribution in [0.1, 0.15) is 44.9 Å². The number of carbonyl (C=O) groups excluding carboxylic acids is 1. The van der Waals surface area contributed by atoms with Crippen molar-refractivity contribution in [1.29, 1.82) is 5.41 Å². The normalized spacial score (nSPS) is 30.4. The van der Waals surface area contributed by atoms with Gasteiger partial charge in [-0.25, -0.2) is 0 Å². The number of nitrogens with zero attached hydrogens (tertiary/aromatic N) is 1. The highest BCUT2D eigenvalue weighted by molar-refractivity contribution is 6.07. The van der Waals surface area contributed by atoms with Crippen LogP contribution in [0, 0.1) is 11.3 Å². The molecule has 1 heterocycles. The highest BCUT2D eigenvalue weighted by Crippen LogP contribution is 2.34. The molecule has 0 aromatic heterocycles. The van der Waals surface area contributed by atoms with E-state index >= 15 is 0 Å². The zero-order valence-corrected chi connectivity index (χ0v) is 15.2. The predicted molar refractivity (Wildman–Crippen MR) is 96.1 cm³/mol. The topological polar surface area (TPSA) is 74.7 Å². The second-order valence-corrected chi connectivity index (χ2v) is 7.40. The van der Waals surface area contributed by atoms with E-state index in [1.54, 1.807) is 14.2 Å². The molecule has 0 radical (unpaired) electrons. The van der Waals surface area contributed by atoms with Gasteiger partial charge in [0.25, 0.3) is 5.91 Å². The van der Waals surface area contributed by atoms with Crippen molar-refractivity contribution in [2.24, 2.45) is 5.92 Å². The summed E-state index contributed by atoms with van der Waals surface area (Å²) in [5.41, 5.74) is -0.809. The molecule has 6 nitrogen and oxygen atoms in total. The zero-order valence-electron chi connectivity index (χ0n) is 15.2. The summed E-state index contributed by atoms with van der Waals surface area (Å²) in [6.07, 6.45) is 13.2. The molecule has 2 fully saturated rings. The second kappa shape index (κ2) is 7.60. The van der Waals surface area contributed by atoms with Crippen LogP contribution in [0.4, 0.5) is 0 Å². The van der Waals surface area contributed by atoms with E-state index in [9.17, 15) is 4.79 Å². The minimum Gasteiger partial charge on any atom is -0.501 e. The lowest BCUT2D eigenvalue weighted by molar-refractivity contribution is -0.134. The standard InChI is InChI=1S/C19H29N3O3/c1-22-17(23)19(21-18(22)20,12-14-7-4-3-5-8-14)13-25-16-10-6-9-15(11-16)24-2/h6,9-10,14,16H,3-5,7-8,11-13H2,1-2H3,(H2,20,21). The van der Waals surface area contributed by atoms with Gasteiger partial charge in [-0.1, -0.05) is 44.3 Å². The van der Waals surface area contributed by atoms with Gasteiger partial charge in [0.1, 0.15) is 5.54 Å². The maximum atomic E-state index is 12.9. The minimum absolute atomic E-state index is 0.0506. The van der Waals surface area contributed by atoms with E-state index in [4.69, 9.17) is 14.9 Å². The van der Waals surface area contributed by atoms with Crippen molar-refractivity contribution in [1.82, 2.24) is 10.2 Å². The fourth-order valence-electron chi connectivity index (χ4n) is 4.10. The Morgan fingerprint density at radius 1 is 1.36 bits per heavy atom. The smallest absolute Gasteiger partial charge is 0.257 e. The number of amides is 1. The number of hydrogen-bond acceptors (Lipinski definition) is 4. The molecule has 2 aliphatic carbocycles. The summed E-state index contributed by atoms with van der Waals surface area (Å²) in [5, 5.41) is 11.2. The van der Waals surface area contributed by atoms with Gasteiger partial charge in [0.2, 0.25) is 0 Å². The molecule has 2 atom stereocenters. The predicted octanol–water partition coefficient (Wildman–Crippen LogP) is 2.57. The molecule has 0 aromatic rings. The Hall–Kier alpha value is -1.82. The fourth-order valence-corrected chi connectivity index (χ4v) is 4.10. The van der Waals surface area contributed by atoms with Crippen LogP contribution in [0.25, 0.3) is 0 Å². The number of likely N-dealkylation sites (N-methyl/N-ethyl adjacent to an activating group) is 1. The molecule has 1 saturated carbocycles. The van der Waals surface area contributed by atoms with Gasteiger partial charge in [0, 0.05) is 13.5 Å². The molecule has 3 rings (SSSR count). The van der Waals surface area contributed by atoms with Crippen LogP contribution in [0.2, 0.25) is 0 Å². The van der Waals surface area contributed by atoms with Crippen LogP contribution in [0.15, 0.2) is 24.0 Å². The number of rotatable bonds is 6. The molecule has 0 spiro atoms. The zero-order chi connectivity index (χ0) is 17.9. The van der Waals surface area contributed by atoms with E-state index in [-0.39, 0.29) is 24.6 Å². The largest absolute Gasteiger partial charge is 0.501 e. The van der Waals surface area contributed by atoms with Gasteiger partial charge >= 0.3 is 0 Å². The molecular formula is C19H29N3O3. The number of nitrogens with one attached hydrogen (secondary N) is 2. The van der Waals surface area contributed by atoms with Gasteiger partial charge in [-0.3, -0.25) is 15.1 Å². The Kier molecular flexibility index (Phi) is 5.47. The Labute approximate surface area is 149 Å². The van der Waals surface area contributed by atoms with Crippen LogP contribution in [-0.2, 0) is 14.3 Å². The molecular weight excluding hydrogens is 318 g/mol. The first kappa shape index (κ1) is 18.0. The van der Waals surface area contributed by atoms with Crippen LogP contribution in [0.5, 0.6) is 0 Å². The van der Waals surface area contributed by atoms with Crippen LogP contribution >= 0.6 is 0 Å². The maximum absolute atomic E-state index is 12.9. The number of guanidine groups is 1. The van der Waals surface area contributed by atoms with Gasteiger partial charge in [-0.05, 0) is 18.4 Å². The van der Waals surface area contributed by atoms with Gasteiger partial charge < -0.3 is 14.8 Å². The molecule has 0 bridgehead atoms. The van der Waals surface area contributed by atoms with Crippen LogP contribution in [0.3, 0.4) is 0 Å². The van der Waals surface area contributed by atoms with Gasteiger partial charge in [0.15, 0.2) is 5.96 Å². The first-order valence-corrected chi connectivity index (χ1v) is 9.22. The minimum atomic E-state index is -0.809. The first-order chi connectivity index (χ1) is 12.0. The highest BCUT2D eigenvalue weighted by Gasteiger charge is 2.49. The summed E-state index contributed by atoms with van der Waals surface area (Å²) < 4.78 is 11.4. The summed E-state index contributed by atoms with van der Waals surface area (Å²) in [6.45, 7) is 0.279. The fraction of sp³-hybridized carbons (Fsp3) is 0.684. The Balaban J connectivity index is 1.69. The maximum Gasteiger partial charge on any atom is 0.257 e. The molecule has 1 saturated heterocycles. The Morgan fingerprint density at radius 3 is 2.76 bits per heavy atom. The van der Waals surface area contributed by atoms with Crippen molar-refractivity contribution >= 4 is 11.9 Å². The summed E-state index contributed by atoms with van der Waals surface area (Å²) in [6, 6.07) is 0. The highest BCUT2D eigenvalue weighted by atomic mass is 16.5. The third kappa shape index (κ3) is 3.89. The molecule has 2 N–H and O–H groups in total. The SMILES string of the molecule is COC1=CC=CC(OCC2(CC3CCCCC3)NC(=N)N(C)C2=O)C1. The molecule has 6 heteroatoms. The van der Waals surface area contributed by atoms with E-state index in [1.807, 2.05) is 18.2 Å². The first-order valence-electron chi connectivity index (χ1n) is 9.22. The lowest BCUT2D eigenvalue weighted by Gasteiger charge is -2.33. The summed E-state index contributed by atoms with van der Waals surface area (Å²) in [7, 11) is 3.32. The molecule has 1 aliphatic heterocycles. The molecule has 2 unspecified atom stereocenters. The molecule has 0 aromatic carbocycles. The third-order valence-corrected chi connectivity index (χ3v) is 5.59. The molecule has 3 aliphatic rings. The summed E-state index contributed by atoms with van der Waals surface area (Å²) >= 11 is 0. The van der Waals surface area contributed by atoms with E-state index in [0.717, 1.165) is 25.0 Å². The third-order valence-electron chi connectivity index (χ3n) is 5.59. The van der Waals surface area contributed by atoms with Crippen molar-refractivity contribution in [3.63, 3.8) is 0 Å². The Morgan fingerprint density at radius 2 is 2.12 bits per heavy atom. The molecule has 25 heavy (non-hydrogen) atoms. The van der Waals surface area contributed by atoms with Gasteiger partial charge in [-0.2, -0.15) is 0 Å². The van der Waals surface area contributed by atoms with Gasteiger partial charge in [-0.15, -0.1) is 0 Å². The van der Waals surface area contributed by atoms with E-state index in [2.05, 4.69) is 5.32 Å². The van der Waals surface area contributed by atoms with E-state index in [1.165, 1.54) is 24.2 Å². The average molecular weight is 347 g/mol. The average Bonchev–Trinajstić information content (AvgIpc) is 2.85. The van der Waals surface area contributed by atoms with Gasteiger partial charge in [0.05, 0.1) is 25.6 Å². The van der Waals surface area contributed by atoms with Crippen LogP contribution < -0.4 is 5.32 Å². The van der Waals surface area contributed by atoms with Crippen molar-refractivity contribution in [3.8, 4) is 0 Å². The lowest BCUT2D eigenvalue weighted by atomic mass is 9.79. The number of methoxy groups -OCH3 is 1. The quantitative estimate of drug-likeness (QED) is 0.774. The monoisotopic (exact) mass is 347 g/mol. The number of hydrogen-bond donors (Lipinski definition) is 2. The number of ether oxygens (including phenoxy) is 2. The Bertz CT molecular complexity index is 580. The van der Waals surface area contributed by atoms with Crippen molar-refractivity contribution in [2.75, 3.05) is 20.8 Å². The van der Waals surface area contributed by atoms with E-state index < -0.39 is 5.54 Å². The molecule has 1 amide bonds. The van der Waals surface area contributed by atoms with Crippen LogP contribution in [-0.4, -0.2) is 49.2 Å².